The average Bonchev–Trinajstić information content (AvgIpc) is 3.16. The monoisotopic (exact) mass is 477 g/mol. The first-order valence-electron chi connectivity index (χ1n) is 11.8. The van der Waals surface area contributed by atoms with Crippen molar-refractivity contribution >= 4 is 29.2 Å². The highest BCUT2D eigenvalue weighted by molar-refractivity contribution is 7.09. The molecule has 0 fully saturated rings. The zero-order chi connectivity index (χ0) is 24.8. The number of carbonyl (C=O) groups is 2. The number of esters is 1. The minimum Gasteiger partial charge on any atom is -0.457 e. The summed E-state index contributed by atoms with van der Waals surface area (Å²) in [5.41, 5.74) is 0.513. The lowest BCUT2D eigenvalue weighted by atomic mass is 9.73. The quantitative estimate of drug-likeness (QED) is 0.466. The fourth-order valence-electron chi connectivity index (χ4n) is 4.18. The van der Waals surface area contributed by atoms with Gasteiger partial charge in [-0.15, -0.1) is 11.3 Å². The number of Topliss-reactive ketones (excluding diaryl/α,β-unsaturated/α-hetero) is 1. The van der Waals surface area contributed by atoms with E-state index in [0.717, 1.165) is 35.5 Å². The fourth-order valence-corrected chi connectivity index (χ4v) is 4.75. The molecule has 6 nitrogen and oxygen atoms in total. The smallest absolute Gasteiger partial charge is 0.309 e. The number of aryl methyl sites for hydroxylation is 1. The number of carbonyl (C=O) groups excluding carboxylic acids is 2. The van der Waals surface area contributed by atoms with Crippen LogP contribution in [-0.2, 0) is 14.3 Å². The Balaban J connectivity index is 2.27. The van der Waals surface area contributed by atoms with Gasteiger partial charge in [-0.25, -0.2) is 4.98 Å². The SMILES string of the molecule is C/C(=C\c1csc(C)n1)[C@@H]1C/C=C\CCC[C@@H](C)[C@@H](O)[C@H](C)C(=O)C(C)(C)[C@H](O)CC(=O)O1. The normalized spacial score (nSPS) is 31.8. The van der Waals surface area contributed by atoms with E-state index in [0.29, 0.717) is 6.42 Å². The number of hydrogen-bond donors (Lipinski definition) is 2. The van der Waals surface area contributed by atoms with Crippen molar-refractivity contribution in [1.29, 1.82) is 0 Å². The number of rotatable bonds is 2. The topological polar surface area (TPSA) is 96.7 Å². The van der Waals surface area contributed by atoms with Crippen LogP contribution in [0.4, 0.5) is 0 Å². The number of aliphatic hydroxyl groups excluding tert-OH is 2. The zero-order valence-corrected chi connectivity index (χ0v) is 21.5. The van der Waals surface area contributed by atoms with Crippen LogP contribution in [-0.4, -0.2) is 45.3 Å². The first-order valence-corrected chi connectivity index (χ1v) is 12.7. The second-order valence-electron chi connectivity index (χ2n) is 9.86. The molecule has 1 aromatic rings. The summed E-state index contributed by atoms with van der Waals surface area (Å²) in [6.45, 7) is 10.8. The van der Waals surface area contributed by atoms with Crippen LogP contribution < -0.4 is 0 Å². The highest BCUT2D eigenvalue weighted by atomic mass is 32.1. The van der Waals surface area contributed by atoms with E-state index in [9.17, 15) is 19.8 Å². The molecule has 0 bridgehead atoms. The molecule has 1 aliphatic heterocycles. The van der Waals surface area contributed by atoms with Crippen LogP contribution in [0, 0.1) is 24.2 Å². The number of ketones is 1. The Morgan fingerprint density at radius 1 is 1.24 bits per heavy atom. The highest BCUT2D eigenvalue weighted by Gasteiger charge is 2.42. The molecule has 33 heavy (non-hydrogen) atoms. The van der Waals surface area contributed by atoms with E-state index in [1.807, 2.05) is 38.3 Å². The lowest BCUT2D eigenvalue weighted by Crippen LogP contribution is -2.45. The van der Waals surface area contributed by atoms with Gasteiger partial charge in [0.2, 0.25) is 0 Å². The Morgan fingerprint density at radius 3 is 2.58 bits per heavy atom. The Hall–Kier alpha value is -1.83. The van der Waals surface area contributed by atoms with Gasteiger partial charge in [-0.2, -0.15) is 0 Å². The highest BCUT2D eigenvalue weighted by Crippen LogP contribution is 2.32. The summed E-state index contributed by atoms with van der Waals surface area (Å²) in [6.07, 6.45) is 6.28. The van der Waals surface area contributed by atoms with Crippen molar-refractivity contribution in [2.24, 2.45) is 17.3 Å². The van der Waals surface area contributed by atoms with Crippen LogP contribution in [0.1, 0.15) is 77.4 Å². The molecular formula is C26H39NO5S. The minimum atomic E-state index is -1.21. The van der Waals surface area contributed by atoms with E-state index in [-0.39, 0.29) is 18.1 Å². The molecule has 5 atom stereocenters. The van der Waals surface area contributed by atoms with Gasteiger partial charge in [0.25, 0.3) is 0 Å². The Bertz CT molecular complexity index is 872. The van der Waals surface area contributed by atoms with Crippen molar-refractivity contribution in [2.75, 3.05) is 0 Å². The molecule has 0 radical (unpaired) electrons. The molecule has 0 aromatic carbocycles. The van der Waals surface area contributed by atoms with Crippen molar-refractivity contribution in [3.63, 3.8) is 0 Å². The zero-order valence-electron chi connectivity index (χ0n) is 20.7. The number of nitrogens with zero attached hydrogens (tertiary/aromatic N) is 1. The van der Waals surface area contributed by atoms with Gasteiger partial charge in [-0.05, 0) is 50.7 Å². The molecule has 0 amide bonds. The molecule has 1 aliphatic rings. The van der Waals surface area contributed by atoms with Crippen LogP contribution in [0.25, 0.3) is 6.08 Å². The third-order valence-corrected chi connectivity index (χ3v) is 7.47. The van der Waals surface area contributed by atoms with Crippen molar-refractivity contribution in [2.45, 2.75) is 92.0 Å². The van der Waals surface area contributed by atoms with E-state index >= 15 is 0 Å². The molecule has 2 rings (SSSR count). The molecular weight excluding hydrogens is 438 g/mol. The minimum absolute atomic E-state index is 0.0392. The summed E-state index contributed by atoms with van der Waals surface area (Å²) in [6, 6.07) is 0. The van der Waals surface area contributed by atoms with Crippen molar-refractivity contribution in [3.8, 4) is 0 Å². The molecule has 0 saturated heterocycles. The molecule has 0 saturated carbocycles. The van der Waals surface area contributed by atoms with Gasteiger partial charge >= 0.3 is 5.97 Å². The summed E-state index contributed by atoms with van der Waals surface area (Å²) in [5, 5.41) is 24.4. The Kier molecular flexibility index (Phi) is 10.0. The average molecular weight is 478 g/mol. The molecule has 1 aromatic heterocycles. The summed E-state index contributed by atoms with van der Waals surface area (Å²) in [7, 11) is 0. The molecule has 2 N–H and O–H groups in total. The van der Waals surface area contributed by atoms with Gasteiger partial charge in [-0.3, -0.25) is 9.59 Å². The first-order chi connectivity index (χ1) is 15.4. The van der Waals surface area contributed by atoms with E-state index in [2.05, 4.69) is 11.1 Å². The van der Waals surface area contributed by atoms with Crippen LogP contribution in [0.3, 0.4) is 0 Å². The van der Waals surface area contributed by atoms with E-state index in [1.165, 1.54) is 0 Å². The van der Waals surface area contributed by atoms with Crippen molar-refractivity contribution < 1.29 is 24.5 Å². The summed E-state index contributed by atoms with van der Waals surface area (Å²) in [5.74, 6) is -1.48. The van der Waals surface area contributed by atoms with E-state index < -0.39 is 35.6 Å². The van der Waals surface area contributed by atoms with Gasteiger partial charge in [0.15, 0.2) is 0 Å². The summed E-state index contributed by atoms with van der Waals surface area (Å²) >= 11 is 1.56. The molecule has 0 aliphatic carbocycles. The van der Waals surface area contributed by atoms with Gasteiger partial charge in [-0.1, -0.05) is 39.8 Å². The standard InChI is InChI=1S/C26H39NO5S/c1-16-11-9-7-8-10-12-21(17(2)13-20-15-33-19(4)27-20)32-23(29)14-22(28)26(5,6)25(31)18(3)24(16)30/h8,10,13,15-16,18,21-22,24,28,30H,7,9,11-12,14H2,1-6H3/b10-8-,17-13+/t16-,18+,21+,22-,24-/m1/s1. The number of allylic oxidation sites excluding steroid dienone is 1. The third kappa shape index (κ3) is 7.59. The maximum Gasteiger partial charge on any atom is 0.309 e. The predicted octanol–water partition coefficient (Wildman–Crippen LogP) is 4.88. The fraction of sp³-hybridized carbons (Fsp3) is 0.654. The predicted molar refractivity (Wildman–Crippen MR) is 132 cm³/mol. The second-order valence-corrected chi connectivity index (χ2v) is 10.9. The van der Waals surface area contributed by atoms with Crippen molar-refractivity contribution in [3.05, 3.63) is 33.8 Å². The lowest BCUT2D eigenvalue weighted by molar-refractivity contribution is -0.154. The van der Waals surface area contributed by atoms with Gasteiger partial charge in [0.1, 0.15) is 11.9 Å². The van der Waals surface area contributed by atoms with Gasteiger partial charge < -0.3 is 14.9 Å². The summed E-state index contributed by atoms with van der Waals surface area (Å²) in [4.78, 5) is 30.3. The Labute approximate surface area is 201 Å². The second kappa shape index (κ2) is 12.0. The van der Waals surface area contributed by atoms with Gasteiger partial charge in [0.05, 0.1) is 34.7 Å². The van der Waals surface area contributed by atoms with Crippen LogP contribution in [0.5, 0.6) is 0 Å². The van der Waals surface area contributed by atoms with Gasteiger partial charge in [0, 0.05) is 17.7 Å². The number of aliphatic hydroxyl groups is 2. The molecule has 7 heteroatoms. The molecule has 0 spiro atoms. The number of cyclic esters (lactones) is 1. The number of aromatic nitrogens is 1. The number of ether oxygens (including phenoxy) is 1. The number of thiazole rings is 1. The summed E-state index contributed by atoms with van der Waals surface area (Å²) < 4.78 is 5.75. The first kappa shape index (κ1) is 27.4. The third-order valence-electron chi connectivity index (χ3n) is 6.68. The van der Waals surface area contributed by atoms with Crippen LogP contribution in [0.15, 0.2) is 23.1 Å². The van der Waals surface area contributed by atoms with E-state index in [1.54, 1.807) is 32.1 Å². The molecule has 0 unspecified atom stereocenters. The maximum absolute atomic E-state index is 13.1. The lowest BCUT2D eigenvalue weighted by Gasteiger charge is -2.34. The Morgan fingerprint density at radius 2 is 1.94 bits per heavy atom. The van der Waals surface area contributed by atoms with E-state index in [4.69, 9.17) is 4.74 Å². The molecule has 2 heterocycles. The van der Waals surface area contributed by atoms with Crippen LogP contribution in [0.2, 0.25) is 0 Å². The number of hydrogen-bond acceptors (Lipinski definition) is 7. The molecule has 184 valence electrons. The largest absolute Gasteiger partial charge is 0.457 e. The maximum atomic E-state index is 13.1. The van der Waals surface area contributed by atoms with Crippen molar-refractivity contribution in [1.82, 2.24) is 4.98 Å². The van der Waals surface area contributed by atoms with Crippen LogP contribution >= 0.6 is 11.3 Å².